The van der Waals surface area contributed by atoms with Crippen LogP contribution in [0.15, 0.2) is 23.1 Å². The summed E-state index contributed by atoms with van der Waals surface area (Å²) in [7, 11) is 0. The number of nitrogens with one attached hydrogen (secondary N) is 1. The summed E-state index contributed by atoms with van der Waals surface area (Å²) in [5.41, 5.74) is -0.736. The predicted molar refractivity (Wildman–Crippen MR) is 82.8 cm³/mol. The molecule has 0 bridgehead atoms. The Labute approximate surface area is 130 Å². The van der Waals surface area contributed by atoms with Crippen molar-refractivity contribution in [3.8, 4) is 0 Å². The molecule has 6 nitrogen and oxygen atoms in total. The molecule has 1 aliphatic carbocycles. The van der Waals surface area contributed by atoms with Gasteiger partial charge < -0.3 is 15.2 Å². The monoisotopic (exact) mass is 307 g/mol. The fourth-order valence-electron chi connectivity index (χ4n) is 3.48. The zero-order chi connectivity index (χ0) is 15.4. The smallest absolute Gasteiger partial charge is 0.266 e. The van der Waals surface area contributed by atoms with Gasteiger partial charge in [0.15, 0.2) is 0 Å². The predicted octanol–water partition coefficient (Wildman–Crippen LogP) is 0.858. The van der Waals surface area contributed by atoms with E-state index in [0.717, 1.165) is 45.1 Å². The third kappa shape index (κ3) is 3.74. The molecule has 2 N–H and O–H groups in total. The molecule has 1 aromatic heterocycles. The topological polar surface area (TPSA) is 76.4 Å². The first kappa shape index (κ1) is 15.6. The normalized spacial score (nSPS) is 32.8. The second-order valence-corrected chi connectivity index (χ2v) is 6.57. The molecular formula is C16H25N3O3. The minimum absolute atomic E-state index is 0.0208. The second kappa shape index (κ2) is 6.89. The lowest BCUT2D eigenvalue weighted by atomic mass is 9.90. The highest BCUT2D eigenvalue weighted by atomic mass is 16.5. The van der Waals surface area contributed by atoms with E-state index >= 15 is 0 Å². The molecule has 1 saturated carbocycles. The van der Waals surface area contributed by atoms with Crippen molar-refractivity contribution < 1.29 is 9.84 Å². The van der Waals surface area contributed by atoms with Gasteiger partial charge in [0.25, 0.3) is 5.56 Å². The van der Waals surface area contributed by atoms with Crippen LogP contribution >= 0.6 is 0 Å². The van der Waals surface area contributed by atoms with Gasteiger partial charge in [0, 0.05) is 31.5 Å². The van der Waals surface area contributed by atoms with Crippen LogP contribution in [0.5, 0.6) is 0 Å². The Hall–Kier alpha value is -1.24. The summed E-state index contributed by atoms with van der Waals surface area (Å²) >= 11 is 0. The van der Waals surface area contributed by atoms with E-state index in [1.165, 1.54) is 0 Å². The summed E-state index contributed by atoms with van der Waals surface area (Å²) in [4.78, 5) is 11.8. The average Bonchev–Trinajstić information content (AvgIpc) is 2.55. The number of hydrogen-bond donors (Lipinski definition) is 2. The Morgan fingerprint density at radius 2 is 2.23 bits per heavy atom. The van der Waals surface area contributed by atoms with E-state index < -0.39 is 5.60 Å². The molecule has 2 aliphatic rings. The Balaban J connectivity index is 1.48. The van der Waals surface area contributed by atoms with Crippen molar-refractivity contribution in [1.82, 2.24) is 15.1 Å². The second-order valence-electron chi connectivity index (χ2n) is 6.57. The number of rotatable bonds is 4. The number of hydrogen-bond acceptors (Lipinski definition) is 5. The maximum absolute atomic E-state index is 11.8. The van der Waals surface area contributed by atoms with Gasteiger partial charge in [-0.15, -0.1) is 0 Å². The van der Waals surface area contributed by atoms with Gasteiger partial charge in [-0.2, -0.15) is 5.10 Å². The highest BCUT2D eigenvalue weighted by molar-refractivity contribution is 4.90. The van der Waals surface area contributed by atoms with Crippen molar-refractivity contribution in [2.75, 3.05) is 19.8 Å². The van der Waals surface area contributed by atoms with Gasteiger partial charge in [-0.1, -0.05) is 0 Å². The van der Waals surface area contributed by atoms with Crippen molar-refractivity contribution >= 4 is 0 Å². The zero-order valence-electron chi connectivity index (χ0n) is 12.9. The van der Waals surface area contributed by atoms with E-state index in [1.54, 1.807) is 23.0 Å². The summed E-state index contributed by atoms with van der Waals surface area (Å²) in [5.74, 6) is 0. The standard InChI is InChI=1S/C16H25N3O3/c20-15-3-1-9-18-19(15)14-6-4-13(5-7-14)17-11-16(21)8-2-10-22-12-16/h1,3,9,13-14,17,21H,2,4-8,10-12H2. The summed E-state index contributed by atoms with van der Waals surface area (Å²) in [6.45, 7) is 1.77. The zero-order valence-corrected chi connectivity index (χ0v) is 12.9. The van der Waals surface area contributed by atoms with Crippen molar-refractivity contribution in [2.24, 2.45) is 0 Å². The molecular weight excluding hydrogens is 282 g/mol. The summed E-state index contributed by atoms with van der Waals surface area (Å²) < 4.78 is 6.99. The molecule has 0 aromatic carbocycles. The third-order valence-electron chi connectivity index (χ3n) is 4.81. The fraction of sp³-hybridized carbons (Fsp3) is 0.750. The van der Waals surface area contributed by atoms with Gasteiger partial charge in [-0.3, -0.25) is 4.79 Å². The van der Waals surface area contributed by atoms with Crippen LogP contribution in [0.25, 0.3) is 0 Å². The molecule has 1 aromatic rings. The molecule has 2 heterocycles. The number of aliphatic hydroxyl groups is 1. The highest BCUT2D eigenvalue weighted by Gasteiger charge is 2.31. The van der Waals surface area contributed by atoms with Gasteiger partial charge in [0.2, 0.25) is 0 Å². The lowest BCUT2D eigenvalue weighted by molar-refractivity contribution is -0.0848. The first-order valence-corrected chi connectivity index (χ1v) is 8.24. The van der Waals surface area contributed by atoms with Crippen LogP contribution in [0.2, 0.25) is 0 Å². The molecule has 3 rings (SSSR count). The van der Waals surface area contributed by atoms with Crippen LogP contribution in [-0.4, -0.2) is 46.3 Å². The molecule has 1 unspecified atom stereocenters. The number of ether oxygens (including phenoxy) is 1. The maximum atomic E-state index is 11.8. The highest BCUT2D eigenvalue weighted by Crippen LogP contribution is 2.27. The van der Waals surface area contributed by atoms with Crippen LogP contribution in [0.1, 0.15) is 44.6 Å². The van der Waals surface area contributed by atoms with Gasteiger partial charge >= 0.3 is 0 Å². The van der Waals surface area contributed by atoms with Gasteiger partial charge in [-0.25, -0.2) is 4.68 Å². The minimum Gasteiger partial charge on any atom is -0.386 e. The van der Waals surface area contributed by atoms with Crippen LogP contribution in [0.3, 0.4) is 0 Å². The first-order valence-electron chi connectivity index (χ1n) is 8.24. The molecule has 1 atom stereocenters. The molecule has 1 saturated heterocycles. The lowest BCUT2D eigenvalue weighted by Gasteiger charge is -2.35. The van der Waals surface area contributed by atoms with Crippen molar-refractivity contribution in [2.45, 2.75) is 56.2 Å². The van der Waals surface area contributed by atoms with Crippen molar-refractivity contribution in [1.29, 1.82) is 0 Å². The SMILES string of the molecule is O=c1cccnn1C1CCC(NCC2(O)CCCOC2)CC1. The van der Waals surface area contributed by atoms with E-state index in [0.29, 0.717) is 19.2 Å². The van der Waals surface area contributed by atoms with E-state index in [1.807, 2.05) is 0 Å². The Kier molecular flexibility index (Phi) is 4.90. The number of aromatic nitrogens is 2. The minimum atomic E-state index is -0.715. The molecule has 2 fully saturated rings. The Morgan fingerprint density at radius 1 is 1.41 bits per heavy atom. The third-order valence-corrected chi connectivity index (χ3v) is 4.81. The van der Waals surface area contributed by atoms with Gasteiger partial charge in [-0.05, 0) is 44.6 Å². The van der Waals surface area contributed by atoms with Crippen molar-refractivity contribution in [3.05, 3.63) is 28.7 Å². The molecule has 122 valence electrons. The quantitative estimate of drug-likeness (QED) is 0.863. The fourth-order valence-corrected chi connectivity index (χ4v) is 3.48. The Bertz CT molecular complexity index is 531. The summed E-state index contributed by atoms with van der Waals surface area (Å²) in [5, 5.41) is 18.1. The van der Waals surface area contributed by atoms with E-state index in [-0.39, 0.29) is 11.6 Å². The van der Waals surface area contributed by atoms with Crippen LogP contribution < -0.4 is 10.9 Å². The average molecular weight is 307 g/mol. The largest absolute Gasteiger partial charge is 0.386 e. The summed E-state index contributed by atoms with van der Waals surface area (Å²) in [6, 6.07) is 3.85. The number of nitrogens with zero attached hydrogens (tertiary/aromatic N) is 2. The Morgan fingerprint density at radius 3 is 2.91 bits per heavy atom. The summed E-state index contributed by atoms with van der Waals surface area (Å²) in [6.07, 6.45) is 7.30. The van der Waals surface area contributed by atoms with Crippen molar-refractivity contribution in [3.63, 3.8) is 0 Å². The molecule has 1 aliphatic heterocycles. The molecule has 0 amide bonds. The van der Waals surface area contributed by atoms with Crippen LogP contribution in [0.4, 0.5) is 0 Å². The van der Waals surface area contributed by atoms with Gasteiger partial charge in [0.05, 0.1) is 12.6 Å². The van der Waals surface area contributed by atoms with E-state index in [4.69, 9.17) is 4.74 Å². The van der Waals surface area contributed by atoms with E-state index in [2.05, 4.69) is 10.4 Å². The van der Waals surface area contributed by atoms with Gasteiger partial charge in [0.1, 0.15) is 5.60 Å². The molecule has 0 radical (unpaired) electrons. The lowest BCUT2D eigenvalue weighted by Crippen LogP contribution is -2.50. The molecule has 22 heavy (non-hydrogen) atoms. The molecule has 6 heteroatoms. The first-order chi connectivity index (χ1) is 10.7. The molecule has 0 spiro atoms. The maximum Gasteiger partial charge on any atom is 0.266 e. The van der Waals surface area contributed by atoms with Crippen LogP contribution in [-0.2, 0) is 4.74 Å². The van der Waals surface area contributed by atoms with E-state index in [9.17, 15) is 9.90 Å². The van der Waals surface area contributed by atoms with Crippen LogP contribution in [0, 0.1) is 0 Å².